The van der Waals surface area contributed by atoms with Crippen molar-refractivity contribution in [3.8, 4) is 10.9 Å². The molecule has 0 saturated heterocycles. The SMILES string of the molecule is CCOc1ccc2nc(-n3nc(C)c4c3NC(=O)CC4c3cccc4ccccc34)sc2c1. The Bertz CT molecular complexity index is 1530. The van der Waals surface area contributed by atoms with Gasteiger partial charge in [0.2, 0.25) is 11.0 Å². The fourth-order valence-corrected chi connectivity index (χ4v) is 5.70. The van der Waals surface area contributed by atoms with Gasteiger partial charge in [0.15, 0.2) is 0 Å². The lowest BCUT2D eigenvalue weighted by molar-refractivity contribution is -0.116. The number of thiazole rings is 1. The summed E-state index contributed by atoms with van der Waals surface area (Å²) in [6.07, 6.45) is 0.394. The fourth-order valence-electron chi connectivity index (χ4n) is 4.75. The molecule has 1 unspecified atom stereocenters. The van der Waals surface area contributed by atoms with Gasteiger partial charge in [0, 0.05) is 17.9 Å². The van der Waals surface area contributed by atoms with Crippen LogP contribution in [0.5, 0.6) is 5.75 Å². The highest BCUT2D eigenvalue weighted by atomic mass is 32.1. The number of carbonyl (C=O) groups excluding carboxylic acids is 1. The average molecular weight is 455 g/mol. The molecule has 1 N–H and O–H groups in total. The van der Waals surface area contributed by atoms with Crippen molar-refractivity contribution < 1.29 is 9.53 Å². The normalized spacial score (nSPS) is 15.6. The molecule has 7 heteroatoms. The number of nitrogens with zero attached hydrogens (tertiary/aromatic N) is 3. The Labute approximate surface area is 194 Å². The van der Waals surface area contributed by atoms with Crippen LogP contribution in [0.2, 0.25) is 0 Å². The summed E-state index contributed by atoms with van der Waals surface area (Å²) in [6.45, 7) is 4.59. The smallest absolute Gasteiger partial charge is 0.226 e. The first-order chi connectivity index (χ1) is 16.1. The van der Waals surface area contributed by atoms with Gasteiger partial charge in [-0.05, 0) is 48.4 Å². The summed E-state index contributed by atoms with van der Waals surface area (Å²) in [4.78, 5) is 17.6. The minimum atomic E-state index is -0.0625. The van der Waals surface area contributed by atoms with Crippen LogP contribution < -0.4 is 10.1 Å². The van der Waals surface area contributed by atoms with Gasteiger partial charge in [-0.1, -0.05) is 53.8 Å². The number of benzene rings is 3. The predicted molar refractivity (Wildman–Crippen MR) is 132 cm³/mol. The zero-order valence-electron chi connectivity index (χ0n) is 18.3. The molecular weight excluding hydrogens is 432 g/mol. The van der Waals surface area contributed by atoms with Crippen molar-refractivity contribution in [1.82, 2.24) is 14.8 Å². The van der Waals surface area contributed by atoms with Gasteiger partial charge >= 0.3 is 0 Å². The minimum Gasteiger partial charge on any atom is -0.494 e. The molecular formula is C26H22N4O2S. The van der Waals surface area contributed by atoms with E-state index in [1.807, 2.05) is 44.2 Å². The largest absolute Gasteiger partial charge is 0.494 e. The number of aryl methyl sites for hydroxylation is 1. The molecule has 2 aromatic heterocycles. The van der Waals surface area contributed by atoms with Crippen LogP contribution in [-0.4, -0.2) is 27.3 Å². The highest BCUT2D eigenvalue weighted by Crippen LogP contribution is 2.43. The molecule has 3 heterocycles. The number of hydrogen-bond acceptors (Lipinski definition) is 5. The first-order valence-corrected chi connectivity index (χ1v) is 11.8. The molecule has 5 aromatic rings. The summed E-state index contributed by atoms with van der Waals surface area (Å²) in [7, 11) is 0. The lowest BCUT2D eigenvalue weighted by Crippen LogP contribution is -2.25. The standard InChI is InChI=1S/C26H22N4O2S/c1-3-32-17-11-12-21-22(13-17)33-26(27-21)30-25-24(15(2)29-30)20(14-23(31)28-25)19-10-6-8-16-7-4-5-9-18(16)19/h4-13,20H,3,14H2,1-2H3,(H,28,31). The molecule has 0 bridgehead atoms. The molecule has 6 rings (SSSR count). The number of carbonyl (C=O) groups is 1. The van der Waals surface area contributed by atoms with E-state index in [2.05, 4.69) is 35.6 Å². The van der Waals surface area contributed by atoms with Gasteiger partial charge in [0.05, 0.1) is 22.5 Å². The van der Waals surface area contributed by atoms with Crippen LogP contribution in [0.4, 0.5) is 5.82 Å². The molecule has 1 atom stereocenters. The highest BCUT2D eigenvalue weighted by Gasteiger charge is 2.34. The van der Waals surface area contributed by atoms with Gasteiger partial charge in [-0.15, -0.1) is 0 Å². The van der Waals surface area contributed by atoms with E-state index in [9.17, 15) is 4.79 Å². The van der Waals surface area contributed by atoms with Gasteiger partial charge in [-0.25, -0.2) is 4.98 Å². The number of fused-ring (bicyclic) bond motifs is 3. The van der Waals surface area contributed by atoms with E-state index in [4.69, 9.17) is 14.8 Å². The van der Waals surface area contributed by atoms with Crippen LogP contribution in [0.25, 0.3) is 26.1 Å². The van der Waals surface area contributed by atoms with Crippen molar-refractivity contribution in [1.29, 1.82) is 0 Å². The van der Waals surface area contributed by atoms with Crippen LogP contribution in [0.3, 0.4) is 0 Å². The Hall–Kier alpha value is -3.71. The van der Waals surface area contributed by atoms with Crippen LogP contribution in [0, 0.1) is 6.92 Å². The van der Waals surface area contributed by atoms with Crippen LogP contribution in [0.1, 0.15) is 36.1 Å². The van der Waals surface area contributed by atoms with Crippen LogP contribution in [0.15, 0.2) is 60.7 Å². The van der Waals surface area contributed by atoms with E-state index in [1.165, 1.54) is 22.1 Å². The maximum Gasteiger partial charge on any atom is 0.226 e. The molecule has 1 amide bonds. The van der Waals surface area contributed by atoms with Crippen molar-refractivity contribution >= 4 is 44.1 Å². The molecule has 33 heavy (non-hydrogen) atoms. The van der Waals surface area contributed by atoms with Crippen molar-refractivity contribution in [2.45, 2.75) is 26.2 Å². The molecule has 164 valence electrons. The van der Waals surface area contributed by atoms with Crippen LogP contribution >= 0.6 is 11.3 Å². The lowest BCUT2D eigenvalue weighted by atomic mass is 9.83. The Morgan fingerprint density at radius 3 is 2.88 bits per heavy atom. The summed E-state index contributed by atoms with van der Waals surface area (Å²) < 4.78 is 8.44. The van der Waals surface area contributed by atoms with E-state index in [0.29, 0.717) is 18.8 Å². The fraction of sp³-hybridized carbons (Fsp3) is 0.192. The second-order valence-electron chi connectivity index (χ2n) is 8.19. The lowest BCUT2D eigenvalue weighted by Gasteiger charge is -2.25. The molecule has 1 aliphatic heterocycles. The second-order valence-corrected chi connectivity index (χ2v) is 9.20. The van der Waals surface area contributed by atoms with Crippen molar-refractivity contribution in [3.63, 3.8) is 0 Å². The first kappa shape index (κ1) is 19.9. The molecule has 0 radical (unpaired) electrons. The number of ether oxygens (including phenoxy) is 1. The molecule has 0 aliphatic carbocycles. The quantitative estimate of drug-likeness (QED) is 0.372. The summed E-state index contributed by atoms with van der Waals surface area (Å²) in [5.41, 5.74) is 3.99. The van der Waals surface area contributed by atoms with Gasteiger partial charge < -0.3 is 10.1 Å². The number of hydrogen-bond donors (Lipinski definition) is 1. The van der Waals surface area contributed by atoms with E-state index in [-0.39, 0.29) is 11.8 Å². The van der Waals surface area contributed by atoms with Gasteiger partial charge in [-0.3, -0.25) is 4.79 Å². The van der Waals surface area contributed by atoms with Crippen molar-refractivity contribution in [3.05, 3.63) is 77.5 Å². The Morgan fingerprint density at radius 2 is 2.00 bits per heavy atom. The molecule has 1 aliphatic rings. The topological polar surface area (TPSA) is 69.0 Å². The third-order valence-electron chi connectivity index (χ3n) is 6.14. The molecule has 3 aromatic carbocycles. The maximum absolute atomic E-state index is 12.8. The minimum absolute atomic E-state index is 0.0127. The zero-order valence-corrected chi connectivity index (χ0v) is 19.1. The number of aromatic nitrogens is 3. The van der Waals surface area contributed by atoms with E-state index >= 15 is 0 Å². The highest BCUT2D eigenvalue weighted by molar-refractivity contribution is 7.20. The average Bonchev–Trinajstić information content (AvgIpc) is 3.39. The summed E-state index contributed by atoms with van der Waals surface area (Å²) >= 11 is 1.54. The van der Waals surface area contributed by atoms with Gasteiger partial charge in [0.25, 0.3) is 0 Å². The number of nitrogens with one attached hydrogen (secondary N) is 1. The Balaban J connectivity index is 1.50. The van der Waals surface area contributed by atoms with E-state index in [0.717, 1.165) is 37.9 Å². The third-order valence-corrected chi connectivity index (χ3v) is 7.14. The Morgan fingerprint density at radius 1 is 1.15 bits per heavy atom. The summed E-state index contributed by atoms with van der Waals surface area (Å²) in [5, 5.41) is 11.0. The van der Waals surface area contributed by atoms with Crippen molar-refractivity contribution in [2.75, 3.05) is 11.9 Å². The summed E-state index contributed by atoms with van der Waals surface area (Å²) in [5.74, 6) is 1.46. The maximum atomic E-state index is 12.8. The molecule has 0 spiro atoms. The summed E-state index contributed by atoms with van der Waals surface area (Å²) in [6, 6.07) is 20.5. The van der Waals surface area contributed by atoms with Gasteiger partial charge in [0.1, 0.15) is 11.6 Å². The van der Waals surface area contributed by atoms with Crippen molar-refractivity contribution in [2.24, 2.45) is 0 Å². The number of anilines is 1. The number of amides is 1. The second kappa shape index (κ2) is 7.71. The zero-order chi connectivity index (χ0) is 22.5. The number of rotatable bonds is 4. The molecule has 0 fully saturated rings. The third kappa shape index (κ3) is 3.27. The predicted octanol–water partition coefficient (Wildman–Crippen LogP) is 5.82. The molecule has 0 saturated carbocycles. The van der Waals surface area contributed by atoms with Gasteiger partial charge in [-0.2, -0.15) is 9.78 Å². The Kier molecular flexibility index (Phi) is 4.66. The molecule has 6 nitrogen and oxygen atoms in total. The first-order valence-electron chi connectivity index (χ1n) is 11.0. The van der Waals surface area contributed by atoms with Crippen LogP contribution in [-0.2, 0) is 4.79 Å². The van der Waals surface area contributed by atoms with E-state index in [1.54, 1.807) is 4.68 Å². The van der Waals surface area contributed by atoms with E-state index < -0.39 is 0 Å². The monoisotopic (exact) mass is 454 g/mol.